The molecule has 0 amide bonds. The number of rotatable bonds is 8. The minimum Gasteiger partial charge on any atom is -0.872 e. The van der Waals surface area contributed by atoms with Crippen LogP contribution in [0.3, 0.4) is 0 Å². The monoisotopic (exact) mass is 476 g/mol. The molecule has 0 aromatic heterocycles. The van der Waals surface area contributed by atoms with Gasteiger partial charge in [-0.1, -0.05) is 73.5 Å². The van der Waals surface area contributed by atoms with Crippen molar-refractivity contribution in [1.82, 2.24) is 0 Å². The van der Waals surface area contributed by atoms with E-state index in [0.29, 0.717) is 21.2 Å². The van der Waals surface area contributed by atoms with E-state index in [9.17, 15) is 10.2 Å². The van der Waals surface area contributed by atoms with E-state index in [4.69, 9.17) is 23.2 Å². The van der Waals surface area contributed by atoms with Crippen LogP contribution in [0.4, 0.5) is 0 Å². The van der Waals surface area contributed by atoms with Gasteiger partial charge in [-0.05, 0) is 48.2 Å². The Morgan fingerprint density at radius 1 is 0.759 bits per heavy atom. The Bertz CT molecular complexity index is 718. The van der Waals surface area contributed by atoms with Crippen LogP contribution in [0.5, 0.6) is 11.5 Å². The van der Waals surface area contributed by atoms with Crippen molar-refractivity contribution >= 4 is 35.6 Å². The Morgan fingerprint density at radius 3 is 1.48 bits per heavy atom. The van der Waals surface area contributed by atoms with Crippen molar-refractivity contribution in [2.75, 3.05) is 13.1 Å². The molecule has 0 saturated heterocycles. The van der Waals surface area contributed by atoms with Crippen molar-refractivity contribution in [2.45, 2.75) is 39.5 Å². The molecule has 29 heavy (non-hydrogen) atoms. The van der Waals surface area contributed by atoms with E-state index < -0.39 is 0 Å². The summed E-state index contributed by atoms with van der Waals surface area (Å²) in [7, 11) is 0. The summed E-state index contributed by atoms with van der Waals surface area (Å²) in [6.45, 7) is 5.74. The average Bonchev–Trinajstić information content (AvgIpc) is 2.68. The van der Waals surface area contributed by atoms with Gasteiger partial charge in [0.2, 0.25) is 0 Å². The van der Waals surface area contributed by atoms with Crippen LogP contribution in [0.2, 0.25) is 10.0 Å². The Kier molecular flexibility index (Phi) is 15.4. The number of halogens is 2. The summed E-state index contributed by atoms with van der Waals surface area (Å²) in [6, 6.07) is 9.38. The zero-order valence-electron chi connectivity index (χ0n) is 16.7. The van der Waals surface area contributed by atoms with Gasteiger partial charge in [0.15, 0.2) is 0 Å². The number of hydrogen-bond donors (Lipinski definition) is 0. The molecular formula is C22H26Cl2FeN2O2. The fraction of sp³-hybridized carbons (Fsp3) is 0.364. The van der Waals surface area contributed by atoms with Gasteiger partial charge in [0.05, 0.1) is 0 Å². The number of aliphatic imine (C=N–C) groups is 2. The van der Waals surface area contributed by atoms with Crippen LogP contribution in [0.15, 0.2) is 46.4 Å². The first-order chi connectivity index (χ1) is 13.5. The fourth-order valence-corrected chi connectivity index (χ4v) is 2.43. The molecule has 0 aliphatic rings. The van der Waals surface area contributed by atoms with Crippen molar-refractivity contribution in [3.8, 4) is 11.5 Å². The van der Waals surface area contributed by atoms with Crippen LogP contribution >= 0.6 is 23.2 Å². The molecule has 2 aromatic carbocycles. The third kappa shape index (κ3) is 11.9. The molecule has 158 valence electrons. The van der Waals surface area contributed by atoms with Crippen molar-refractivity contribution in [2.24, 2.45) is 9.98 Å². The third-order valence-corrected chi connectivity index (χ3v) is 4.16. The summed E-state index contributed by atoms with van der Waals surface area (Å²) in [5.41, 5.74) is 1.13. The Balaban J connectivity index is 0.000000523. The smallest absolute Gasteiger partial charge is 0.872 e. The van der Waals surface area contributed by atoms with E-state index in [1.807, 2.05) is 0 Å². The molecule has 0 fully saturated rings. The van der Waals surface area contributed by atoms with E-state index in [1.165, 1.54) is 12.1 Å². The molecule has 2 aromatic rings. The first-order valence-corrected chi connectivity index (χ1v) is 10.2. The van der Waals surface area contributed by atoms with E-state index in [-0.39, 0.29) is 28.6 Å². The van der Waals surface area contributed by atoms with E-state index in [2.05, 4.69) is 23.8 Å². The molecule has 0 spiro atoms. The molecule has 4 nitrogen and oxygen atoms in total. The zero-order valence-corrected chi connectivity index (χ0v) is 19.3. The summed E-state index contributed by atoms with van der Waals surface area (Å²) in [4.78, 5) is 8.30. The van der Waals surface area contributed by atoms with Gasteiger partial charge in [0.25, 0.3) is 0 Å². The van der Waals surface area contributed by atoms with Gasteiger partial charge in [-0.25, -0.2) is 0 Å². The SMILES string of the molecule is CCCCN=Cc1cc(Cl)ccc1[O-].CCCCN=Cc1cc(Cl)ccc1[O-].[Fe+2]. The number of nitrogens with zero attached hydrogens (tertiary/aromatic N) is 2. The molecule has 0 aliphatic carbocycles. The summed E-state index contributed by atoms with van der Waals surface area (Å²) >= 11 is 11.5. The maximum absolute atomic E-state index is 11.3. The Labute approximate surface area is 194 Å². The van der Waals surface area contributed by atoms with Gasteiger partial charge >= 0.3 is 17.1 Å². The van der Waals surface area contributed by atoms with E-state index in [1.54, 1.807) is 36.7 Å². The van der Waals surface area contributed by atoms with Crippen LogP contribution in [-0.2, 0) is 17.1 Å². The van der Waals surface area contributed by atoms with Crippen molar-refractivity contribution in [3.63, 3.8) is 0 Å². The molecule has 0 bridgehead atoms. The van der Waals surface area contributed by atoms with Gasteiger partial charge in [-0.15, -0.1) is 0 Å². The minimum atomic E-state index is -0.0327. The maximum Gasteiger partial charge on any atom is 2.00 e. The second-order valence-corrected chi connectivity index (χ2v) is 7.01. The van der Waals surface area contributed by atoms with Gasteiger partial charge in [0, 0.05) is 35.6 Å². The molecule has 0 saturated carbocycles. The topological polar surface area (TPSA) is 70.8 Å². The van der Waals surface area contributed by atoms with Crippen LogP contribution in [-0.4, -0.2) is 25.5 Å². The standard InChI is InChI=1S/2C11H14ClNO.Fe/c2*1-2-3-6-13-8-9-7-10(12)4-5-11(9)14;/h2*4-5,7-8,14H,2-3,6H2,1H3;/q;;+2/p-2. The normalized spacial score (nSPS) is 10.6. The number of hydrogen-bond acceptors (Lipinski definition) is 4. The Hall–Kier alpha value is -1.52. The number of unbranched alkanes of at least 4 members (excludes halogenated alkanes) is 2. The van der Waals surface area contributed by atoms with E-state index >= 15 is 0 Å². The molecule has 2 rings (SSSR count). The Morgan fingerprint density at radius 2 is 1.14 bits per heavy atom. The molecule has 0 heterocycles. The summed E-state index contributed by atoms with van der Waals surface area (Å²) < 4.78 is 0. The molecule has 0 atom stereocenters. The first-order valence-electron chi connectivity index (χ1n) is 9.40. The minimum absolute atomic E-state index is 0. The van der Waals surface area contributed by atoms with Gasteiger partial charge in [-0.2, -0.15) is 0 Å². The molecule has 0 aliphatic heterocycles. The predicted octanol–water partition coefficient (Wildman–Crippen LogP) is 5.26. The van der Waals surface area contributed by atoms with Gasteiger partial charge in [0.1, 0.15) is 0 Å². The van der Waals surface area contributed by atoms with Crippen LogP contribution < -0.4 is 10.2 Å². The first kappa shape index (κ1) is 27.5. The van der Waals surface area contributed by atoms with Crippen LogP contribution in [0.1, 0.15) is 50.7 Å². The molecular weight excluding hydrogens is 451 g/mol. The molecule has 0 N–H and O–H groups in total. The zero-order chi connectivity index (χ0) is 20.8. The van der Waals surface area contributed by atoms with Crippen molar-refractivity contribution in [3.05, 3.63) is 57.6 Å². The van der Waals surface area contributed by atoms with Crippen molar-refractivity contribution in [1.29, 1.82) is 0 Å². The quantitative estimate of drug-likeness (QED) is 0.296. The number of benzene rings is 2. The second kappa shape index (κ2) is 16.3. The average molecular weight is 477 g/mol. The summed E-state index contributed by atoms with van der Waals surface area (Å²) in [6.07, 6.45) is 7.51. The maximum atomic E-state index is 11.3. The fourth-order valence-electron chi connectivity index (χ4n) is 2.07. The molecule has 7 heteroatoms. The summed E-state index contributed by atoms with van der Waals surface area (Å²) in [5, 5.41) is 23.7. The van der Waals surface area contributed by atoms with Gasteiger partial charge < -0.3 is 10.2 Å². The predicted molar refractivity (Wildman–Crippen MR) is 117 cm³/mol. The third-order valence-electron chi connectivity index (χ3n) is 3.69. The molecule has 0 unspecified atom stereocenters. The van der Waals surface area contributed by atoms with Crippen LogP contribution in [0.25, 0.3) is 0 Å². The summed E-state index contributed by atoms with van der Waals surface area (Å²) in [5.74, 6) is -0.0655. The van der Waals surface area contributed by atoms with E-state index in [0.717, 1.165) is 38.8 Å². The van der Waals surface area contributed by atoms with Gasteiger partial charge in [-0.3, -0.25) is 9.98 Å². The van der Waals surface area contributed by atoms with Crippen LogP contribution in [0, 0.1) is 0 Å². The second-order valence-electron chi connectivity index (χ2n) is 6.14. The molecule has 0 radical (unpaired) electrons. The van der Waals surface area contributed by atoms with Crippen molar-refractivity contribution < 1.29 is 27.3 Å². The largest absolute Gasteiger partial charge is 2.00 e.